The fraction of sp³-hybridized carbons (Fsp3) is 0.571. The summed E-state index contributed by atoms with van der Waals surface area (Å²) in [5.74, 6) is -3.01. The van der Waals surface area contributed by atoms with Crippen LogP contribution >= 0.6 is 0 Å². The number of alkyl halides is 4. The molecule has 0 saturated carbocycles. The van der Waals surface area contributed by atoms with Crippen LogP contribution in [-0.4, -0.2) is 55.1 Å². The molecule has 3 nitrogen and oxygen atoms in total. The van der Waals surface area contributed by atoms with Gasteiger partial charge < -0.3 is 0 Å². The maximum absolute atomic E-state index is 13.1. The molecule has 0 aromatic heterocycles. The van der Waals surface area contributed by atoms with E-state index in [9.17, 15) is 17.6 Å². The molecule has 0 aliphatic heterocycles. The van der Waals surface area contributed by atoms with Crippen LogP contribution in [0.4, 0.5) is 17.6 Å². The zero-order valence-electron chi connectivity index (χ0n) is 12.6. The molecule has 22 heavy (non-hydrogen) atoms. The number of halogens is 4. The van der Waals surface area contributed by atoms with Gasteiger partial charge in [-0.25, -0.2) is 0 Å². The Morgan fingerprint density at radius 1 is 1.18 bits per heavy atom. The Bertz CT molecular complexity index is 486. The maximum atomic E-state index is 13.1. The van der Waals surface area contributed by atoms with Gasteiger partial charge in [-0.1, -0.05) is 0 Å². The number of hydrogen-bond donors (Lipinski definition) is 1. The molecule has 0 bridgehead atoms. The number of hydrogen-bond acceptors (Lipinski definition) is 3. The summed E-state index contributed by atoms with van der Waals surface area (Å²) in [5.41, 5.74) is 0.869. The number of rotatable bonds is 9. The summed E-state index contributed by atoms with van der Waals surface area (Å²) >= 11 is -0.847. The van der Waals surface area contributed by atoms with E-state index < -0.39 is 32.6 Å². The molecule has 0 atom stereocenters. The van der Waals surface area contributed by atoms with Crippen LogP contribution < -0.4 is 19.3 Å². The SMILES string of the molecule is CNCCc1cc(OC)c([Se]CC(F)(F)C(F)F)cc1OC. The average molecular weight is 388 g/mol. The van der Waals surface area contributed by atoms with Gasteiger partial charge in [0.25, 0.3) is 0 Å². The second-order valence-corrected chi connectivity index (χ2v) is 6.65. The van der Waals surface area contributed by atoms with Gasteiger partial charge in [0, 0.05) is 0 Å². The summed E-state index contributed by atoms with van der Waals surface area (Å²) < 4.78 is 61.6. The van der Waals surface area contributed by atoms with E-state index in [4.69, 9.17) is 9.47 Å². The normalized spacial score (nSPS) is 11.8. The first-order valence-corrected chi connectivity index (χ1v) is 8.60. The van der Waals surface area contributed by atoms with E-state index in [-0.39, 0.29) is 0 Å². The molecular weight excluding hydrogens is 369 g/mol. The Morgan fingerprint density at radius 3 is 2.32 bits per heavy atom. The van der Waals surface area contributed by atoms with E-state index in [0.29, 0.717) is 28.9 Å². The van der Waals surface area contributed by atoms with Gasteiger partial charge in [-0.2, -0.15) is 0 Å². The number of ether oxygens (including phenoxy) is 2. The zero-order valence-corrected chi connectivity index (χ0v) is 14.3. The molecular formula is C14H19F4NO2Se. The van der Waals surface area contributed by atoms with Crippen molar-refractivity contribution in [2.24, 2.45) is 0 Å². The molecule has 1 aromatic rings. The number of methoxy groups -OCH3 is 2. The predicted octanol–water partition coefficient (Wildman–Crippen LogP) is 2.11. The van der Waals surface area contributed by atoms with E-state index >= 15 is 0 Å². The topological polar surface area (TPSA) is 30.5 Å². The minimum atomic E-state index is -3.98. The standard InChI is InChI=1S/C14H19F4NO2Se/c1-19-5-4-9-6-11(21-3)12(7-10(9)20-2)22-8-14(17,18)13(15)16/h6-7,13,19H,4-5,8H2,1-3H3. The molecule has 0 fully saturated rings. The molecule has 8 heteroatoms. The first-order valence-electron chi connectivity index (χ1n) is 6.54. The number of benzene rings is 1. The third kappa shape index (κ3) is 5.04. The Morgan fingerprint density at radius 2 is 1.82 bits per heavy atom. The van der Waals surface area contributed by atoms with Crippen LogP contribution in [0.25, 0.3) is 0 Å². The molecule has 126 valence electrons. The average Bonchev–Trinajstić information content (AvgIpc) is 2.50. The Hall–Kier alpha value is -0.981. The quantitative estimate of drug-likeness (QED) is 0.519. The zero-order chi connectivity index (χ0) is 16.8. The van der Waals surface area contributed by atoms with Gasteiger partial charge in [0.05, 0.1) is 0 Å². The molecule has 0 saturated heterocycles. The van der Waals surface area contributed by atoms with Crippen LogP contribution in [0.5, 0.6) is 11.5 Å². The molecule has 0 heterocycles. The van der Waals surface area contributed by atoms with Crippen molar-refractivity contribution >= 4 is 19.4 Å². The van der Waals surface area contributed by atoms with E-state index in [1.807, 2.05) is 7.05 Å². The molecule has 0 aliphatic carbocycles. The van der Waals surface area contributed by atoms with Gasteiger partial charge in [0.2, 0.25) is 0 Å². The molecule has 1 aromatic carbocycles. The summed E-state index contributed by atoms with van der Waals surface area (Å²) in [6, 6.07) is 3.32. The van der Waals surface area contributed by atoms with Crippen molar-refractivity contribution in [3.8, 4) is 11.5 Å². The second kappa shape index (κ2) is 8.60. The summed E-state index contributed by atoms with van der Waals surface area (Å²) in [4.78, 5) is 0. The Kier molecular flexibility index (Phi) is 7.45. The minimum absolute atomic E-state index is 0.428. The van der Waals surface area contributed by atoms with E-state index in [2.05, 4.69) is 5.32 Å². The van der Waals surface area contributed by atoms with Crippen LogP contribution in [0.1, 0.15) is 5.56 Å². The summed E-state index contributed by atoms with van der Waals surface area (Å²) in [6.07, 6.45) is -2.98. The van der Waals surface area contributed by atoms with Crippen LogP contribution in [0.3, 0.4) is 0 Å². The van der Waals surface area contributed by atoms with Crippen LogP contribution in [0, 0.1) is 0 Å². The van der Waals surface area contributed by atoms with E-state index in [0.717, 1.165) is 5.56 Å². The van der Waals surface area contributed by atoms with Crippen molar-refractivity contribution in [2.75, 3.05) is 27.8 Å². The van der Waals surface area contributed by atoms with Crippen LogP contribution in [-0.2, 0) is 6.42 Å². The Labute approximate surface area is 133 Å². The summed E-state index contributed by atoms with van der Waals surface area (Å²) in [6.45, 7) is 0.716. The molecule has 0 unspecified atom stereocenters. The fourth-order valence-corrected chi connectivity index (χ4v) is 3.73. The van der Waals surface area contributed by atoms with Gasteiger partial charge in [0.1, 0.15) is 0 Å². The van der Waals surface area contributed by atoms with E-state index in [1.165, 1.54) is 14.2 Å². The molecule has 0 radical (unpaired) electrons. The molecule has 1 rings (SSSR count). The monoisotopic (exact) mass is 389 g/mol. The molecule has 0 spiro atoms. The van der Waals surface area contributed by atoms with Gasteiger partial charge >= 0.3 is 133 Å². The van der Waals surface area contributed by atoms with Crippen molar-refractivity contribution in [3.05, 3.63) is 17.7 Å². The van der Waals surface area contributed by atoms with Crippen LogP contribution in [0.2, 0.25) is 5.32 Å². The third-order valence-corrected chi connectivity index (χ3v) is 5.38. The van der Waals surface area contributed by atoms with Gasteiger partial charge in [-0.05, 0) is 0 Å². The number of nitrogens with one attached hydrogen (secondary N) is 1. The van der Waals surface area contributed by atoms with Crippen molar-refractivity contribution in [1.29, 1.82) is 0 Å². The Balaban J connectivity index is 2.99. The summed E-state index contributed by atoms with van der Waals surface area (Å²) in [7, 11) is 4.72. The second-order valence-electron chi connectivity index (χ2n) is 4.52. The van der Waals surface area contributed by atoms with Gasteiger partial charge in [-0.15, -0.1) is 0 Å². The van der Waals surface area contributed by atoms with Crippen molar-refractivity contribution < 1.29 is 27.0 Å². The first kappa shape index (κ1) is 19.1. The van der Waals surface area contributed by atoms with Crippen molar-refractivity contribution in [1.82, 2.24) is 5.32 Å². The van der Waals surface area contributed by atoms with Gasteiger partial charge in [-0.3, -0.25) is 0 Å². The van der Waals surface area contributed by atoms with E-state index in [1.54, 1.807) is 12.1 Å². The molecule has 0 amide bonds. The predicted molar refractivity (Wildman–Crippen MR) is 78.3 cm³/mol. The molecule has 1 N–H and O–H groups in total. The first-order chi connectivity index (χ1) is 10.4. The van der Waals surface area contributed by atoms with Crippen LogP contribution in [0.15, 0.2) is 12.1 Å². The summed E-state index contributed by atoms with van der Waals surface area (Å²) in [5, 5.41) is 2.12. The van der Waals surface area contributed by atoms with Crippen molar-refractivity contribution in [2.45, 2.75) is 24.1 Å². The van der Waals surface area contributed by atoms with Gasteiger partial charge in [0.15, 0.2) is 0 Å². The number of likely N-dealkylation sites (N-methyl/N-ethyl adjacent to an activating group) is 1. The molecule has 0 aliphatic rings. The third-order valence-electron chi connectivity index (χ3n) is 2.95. The van der Waals surface area contributed by atoms with Crippen molar-refractivity contribution in [3.63, 3.8) is 0 Å². The fourth-order valence-electron chi connectivity index (χ4n) is 1.74.